The topological polar surface area (TPSA) is 67.2 Å². The fourth-order valence-corrected chi connectivity index (χ4v) is 3.91. The number of anilines is 1. The number of imidazole rings is 1. The highest BCUT2D eigenvalue weighted by molar-refractivity contribution is 7.89. The number of hydrogen-bond acceptors (Lipinski definition) is 4. The van der Waals surface area contributed by atoms with Crippen LogP contribution in [-0.4, -0.2) is 38.1 Å². The molecule has 22 heavy (non-hydrogen) atoms. The van der Waals surface area contributed by atoms with Crippen LogP contribution < -0.4 is 9.62 Å². The van der Waals surface area contributed by atoms with Crippen molar-refractivity contribution in [1.82, 2.24) is 14.3 Å². The van der Waals surface area contributed by atoms with E-state index in [9.17, 15) is 8.42 Å². The third kappa shape index (κ3) is 2.86. The number of sulfonamides is 1. The smallest absolute Gasteiger partial charge is 0.242 e. The molecular formula is C15H20N4O2S. The van der Waals surface area contributed by atoms with Gasteiger partial charge in [-0.15, -0.1) is 0 Å². The van der Waals surface area contributed by atoms with Gasteiger partial charge >= 0.3 is 0 Å². The highest BCUT2D eigenvalue weighted by Crippen LogP contribution is 2.30. The van der Waals surface area contributed by atoms with Gasteiger partial charge in [-0.1, -0.05) is 12.1 Å². The molecule has 1 aliphatic heterocycles. The number of para-hydroxylation sites is 1. The summed E-state index contributed by atoms with van der Waals surface area (Å²) in [6, 6.07) is 7.49. The van der Waals surface area contributed by atoms with Crippen molar-refractivity contribution in [2.75, 3.05) is 25.0 Å². The van der Waals surface area contributed by atoms with E-state index < -0.39 is 10.0 Å². The second kappa shape index (κ2) is 6.10. The van der Waals surface area contributed by atoms with Gasteiger partial charge < -0.3 is 9.47 Å². The van der Waals surface area contributed by atoms with Crippen LogP contribution in [0.3, 0.4) is 0 Å². The van der Waals surface area contributed by atoms with E-state index in [1.54, 1.807) is 18.3 Å². The highest BCUT2D eigenvalue weighted by Gasteiger charge is 2.25. The van der Waals surface area contributed by atoms with Crippen molar-refractivity contribution in [2.45, 2.75) is 23.8 Å². The first kappa shape index (κ1) is 15.1. The summed E-state index contributed by atoms with van der Waals surface area (Å²) in [6.45, 7) is 1.65. The van der Waals surface area contributed by atoms with E-state index in [-0.39, 0.29) is 0 Å². The molecule has 1 fully saturated rings. The van der Waals surface area contributed by atoms with Crippen LogP contribution in [0.15, 0.2) is 47.9 Å². The van der Waals surface area contributed by atoms with Crippen LogP contribution >= 0.6 is 0 Å². The van der Waals surface area contributed by atoms with Gasteiger partial charge in [0.25, 0.3) is 0 Å². The Morgan fingerprint density at radius 1 is 1.32 bits per heavy atom. The van der Waals surface area contributed by atoms with Crippen LogP contribution in [0.4, 0.5) is 5.69 Å². The van der Waals surface area contributed by atoms with E-state index in [2.05, 4.69) is 19.2 Å². The fraction of sp³-hybridized carbons (Fsp3) is 0.400. The molecule has 0 spiro atoms. The monoisotopic (exact) mass is 320 g/mol. The van der Waals surface area contributed by atoms with Crippen molar-refractivity contribution >= 4 is 15.7 Å². The summed E-state index contributed by atoms with van der Waals surface area (Å²) < 4.78 is 28.9. The minimum atomic E-state index is -3.46. The number of benzene rings is 1. The first-order valence-corrected chi connectivity index (χ1v) is 8.85. The minimum absolute atomic E-state index is 0.321. The molecular weight excluding hydrogens is 300 g/mol. The molecule has 1 saturated heterocycles. The summed E-state index contributed by atoms with van der Waals surface area (Å²) >= 11 is 0. The largest absolute Gasteiger partial charge is 0.368 e. The number of piperidine rings is 1. The lowest BCUT2D eigenvalue weighted by atomic mass is 10.0. The molecule has 1 aliphatic rings. The molecule has 1 unspecified atom stereocenters. The Balaban J connectivity index is 1.91. The van der Waals surface area contributed by atoms with Crippen molar-refractivity contribution in [1.29, 1.82) is 0 Å². The molecule has 1 aromatic carbocycles. The SMILES string of the molecule is CNS(=O)(=O)c1ccccc1N1CCCC(n2ccnc2)C1. The summed E-state index contributed by atoms with van der Waals surface area (Å²) in [6.07, 6.45) is 7.66. The molecule has 6 nitrogen and oxygen atoms in total. The van der Waals surface area contributed by atoms with Gasteiger partial charge in [0, 0.05) is 25.5 Å². The van der Waals surface area contributed by atoms with Gasteiger partial charge in [0.1, 0.15) is 4.90 Å². The number of nitrogens with one attached hydrogen (secondary N) is 1. The molecule has 118 valence electrons. The molecule has 0 bridgehead atoms. The van der Waals surface area contributed by atoms with Crippen molar-refractivity contribution in [3.8, 4) is 0 Å². The zero-order valence-electron chi connectivity index (χ0n) is 12.5. The summed E-state index contributed by atoms with van der Waals surface area (Å²) in [5.41, 5.74) is 0.765. The van der Waals surface area contributed by atoms with Gasteiger partial charge in [-0.3, -0.25) is 0 Å². The van der Waals surface area contributed by atoms with Crippen LogP contribution in [0, 0.1) is 0 Å². The van der Waals surface area contributed by atoms with Crippen molar-refractivity contribution in [3.05, 3.63) is 43.0 Å². The lowest BCUT2D eigenvalue weighted by Crippen LogP contribution is -2.37. The second-order valence-corrected chi connectivity index (χ2v) is 7.28. The quantitative estimate of drug-likeness (QED) is 0.930. The zero-order valence-corrected chi connectivity index (χ0v) is 13.3. The van der Waals surface area contributed by atoms with E-state index in [1.807, 2.05) is 24.7 Å². The lowest BCUT2D eigenvalue weighted by Gasteiger charge is -2.35. The maximum Gasteiger partial charge on any atom is 0.242 e. The van der Waals surface area contributed by atoms with Crippen LogP contribution in [0.5, 0.6) is 0 Å². The average Bonchev–Trinajstić information content (AvgIpc) is 3.09. The Morgan fingerprint density at radius 3 is 2.86 bits per heavy atom. The third-order valence-corrected chi connectivity index (χ3v) is 5.57. The fourth-order valence-electron chi connectivity index (χ4n) is 2.96. The van der Waals surface area contributed by atoms with Gasteiger partial charge in [-0.25, -0.2) is 18.1 Å². The molecule has 1 atom stereocenters. The van der Waals surface area contributed by atoms with Crippen LogP contribution in [0.2, 0.25) is 0 Å². The van der Waals surface area contributed by atoms with Gasteiger partial charge in [-0.05, 0) is 32.0 Å². The van der Waals surface area contributed by atoms with Gasteiger partial charge in [0.05, 0.1) is 18.1 Å². The predicted octanol–water partition coefficient (Wildman–Crippen LogP) is 1.63. The van der Waals surface area contributed by atoms with Crippen LogP contribution in [0.25, 0.3) is 0 Å². The van der Waals surface area contributed by atoms with E-state index in [0.29, 0.717) is 10.9 Å². The molecule has 2 aromatic rings. The standard InChI is InChI=1S/C15H20N4O2S/c1-16-22(20,21)15-7-3-2-6-14(15)18-9-4-5-13(11-18)19-10-8-17-12-19/h2-3,6-8,10,12-13,16H,4-5,9,11H2,1H3. The van der Waals surface area contributed by atoms with E-state index in [4.69, 9.17) is 0 Å². The Labute approximate surface area is 130 Å². The van der Waals surface area contributed by atoms with Crippen LogP contribution in [0.1, 0.15) is 18.9 Å². The van der Waals surface area contributed by atoms with Crippen molar-refractivity contribution < 1.29 is 8.42 Å². The third-order valence-electron chi connectivity index (χ3n) is 4.11. The van der Waals surface area contributed by atoms with Gasteiger partial charge in [-0.2, -0.15) is 0 Å². The summed E-state index contributed by atoms with van der Waals surface area (Å²) in [5, 5.41) is 0. The van der Waals surface area contributed by atoms with E-state index in [0.717, 1.165) is 31.6 Å². The summed E-state index contributed by atoms with van der Waals surface area (Å²) in [7, 11) is -2.02. The van der Waals surface area contributed by atoms with Crippen LogP contribution in [-0.2, 0) is 10.0 Å². The second-order valence-electron chi connectivity index (χ2n) is 5.43. The Morgan fingerprint density at radius 2 is 2.14 bits per heavy atom. The first-order chi connectivity index (χ1) is 10.6. The lowest BCUT2D eigenvalue weighted by molar-refractivity contribution is 0.404. The Hall–Kier alpha value is -1.86. The van der Waals surface area contributed by atoms with Gasteiger partial charge in [0.15, 0.2) is 0 Å². The Bertz CT molecular complexity index is 728. The molecule has 0 saturated carbocycles. The maximum atomic E-state index is 12.2. The zero-order chi connectivity index (χ0) is 15.6. The predicted molar refractivity (Wildman–Crippen MR) is 85.4 cm³/mol. The van der Waals surface area contributed by atoms with E-state index in [1.165, 1.54) is 7.05 Å². The number of aromatic nitrogens is 2. The molecule has 3 rings (SSSR count). The van der Waals surface area contributed by atoms with Crippen molar-refractivity contribution in [2.24, 2.45) is 0 Å². The molecule has 0 amide bonds. The minimum Gasteiger partial charge on any atom is -0.368 e. The maximum absolute atomic E-state index is 12.2. The molecule has 2 heterocycles. The summed E-state index contributed by atoms with van der Waals surface area (Å²) in [4.78, 5) is 6.59. The number of nitrogens with zero attached hydrogens (tertiary/aromatic N) is 3. The van der Waals surface area contributed by atoms with Gasteiger partial charge in [0.2, 0.25) is 10.0 Å². The molecule has 0 aliphatic carbocycles. The molecule has 0 radical (unpaired) electrons. The normalized spacial score (nSPS) is 19.3. The molecule has 7 heteroatoms. The highest BCUT2D eigenvalue weighted by atomic mass is 32.2. The number of hydrogen-bond donors (Lipinski definition) is 1. The Kier molecular flexibility index (Phi) is 4.17. The van der Waals surface area contributed by atoms with Crippen molar-refractivity contribution in [3.63, 3.8) is 0 Å². The number of rotatable bonds is 4. The molecule has 1 N–H and O–H groups in total. The van der Waals surface area contributed by atoms with E-state index >= 15 is 0 Å². The molecule has 1 aromatic heterocycles. The summed E-state index contributed by atoms with van der Waals surface area (Å²) in [5.74, 6) is 0. The average molecular weight is 320 g/mol. The first-order valence-electron chi connectivity index (χ1n) is 7.37.